The lowest BCUT2D eigenvalue weighted by Crippen LogP contribution is -2.14. The molecule has 1 fully saturated rings. The number of halogens is 1. The van der Waals surface area contributed by atoms with Gasteiger partial charge in [0.25, 0.3) is 0 Å². The van der Waals surface area contributed by atoms with Crippen molar-refractivity contribution in [2.75, 3.05) is 13.1 Å². The summed E-state index contributed by atoms with van der Waals surface area (Å²) in [5.41, 5.74) is 1.46. The van der Waals surface area contributed by atoms with Crippen LogP contribution in [-0.2, 0) is 0 Å². The van der Waals surface area contributed by atoms with Crippen molar-refractivity contribution in [1.82, 2.24) is 5.32 Å². The van der Waals surface area contributed by atoms with Crippen LogP contribution >= 0.6 is 15.9 Å². The summed E-state index contributed by atoms with van der Waals surface area (Å²) in [4.78, 5) is 0. The highest BCUT2D eigenvalue weighted by molar-refractivity contribution is 9.10. The smallest absolute Gasteiger partial charge is 0.0175 e. The van der Waals surface area contributed by atoms with Crippen molar-refractivity contribution in [1.29, 1.82) is 0 Å². The van der Waals surface area contributed by atoms with Crippen molar-refractivity contribution < 1.29 is 0 Å². The van der Waals surface area contributed by atoms with Crippen LogP contribution in [0.4, 0.5) is 0 Å². The van der Waals surface area contributed by atoms with Crippen LogP contribution in [0.25, 0.3) is 0 Å². The van der Waals surface area contributed by atoms with E-state index in [1.165, 1.54) is 25.1 Å². The van der Waals surface area contributed by atoms with Crippen LogP contribution < -0.4 is 5.32 Å². The Kier molecular flexibility index (Phi) is 3.24. The van der Waals surface area contributed by atoms with Crippen LogP contribution in [0.1, 0.15) is 24.8 Å². The molecular formula is C12H16BrN. The number of nitrogens with one attached hydrogen (secondary N) is 1. The molecule has 1 heterocycles. The first-order valence-electron chi connectivity index (χ1n) is 5.23. The number of hydrogen-bond donors (Lipinski definition) is 1. The molecule has 0 bridgehead atoms. The average Bonchev–Trinajstić information content (AvgIpc) is 2.71. The molecule has 1 N–H and O–H groups in total. The minimum Gasteiger partial charge on any atom is -0.316 e. The van der Waals surface area contributed by atoms with Gasteiger partial charge in [0.05, 0.1) is 0 Å². The third-order valence-corrected chi connectivity index (χ3v) is 3.73. The summed E-state index contributed by atoms with van der Waals surface area (Å²) in [7, 11) is 0. The summed E-state index contributed by atoms with van der Waals surface area (Å²) in [5, 5.41) is 3.43. The average molecular weight is 254 g/mol. The highest BCUT2D eigenvalue weighted by Crippen LogP contribution is 2.29. The third-order valence-electron chi connectivity index (χ3n) is 3.20. The fourth-order valence-electron chi connectivity index (χ4n) is 2.14. The van der Waals surface area contributed by atoms with Gasteiger partial charge in [-0.3, -0.25) is 0 Å². The molecule has 0 spiro atoms. The highest BCUT2D eigenvalue weighted by atomic mass is 79.9. The first-order valence-corrected chi connectivity index (χ1v) is 6.03. The van der Waals surface area contributed by atoms with Gasteiger partial charge in [0.2, 0.25) is 0 Å². The van der Waals surface area contributed by atoms with Crippen molar-refractivity contribution in [2.45, 2.75) is 19.3 Å². The zero-order chi connectivity index (χ0) is 9.97. The molecule has 1 saturated heterocycles. The Morgan fingerprint density at radius 3 is 2.64 bits per heavy atom. The SMILES string of the molecule is CC(c1ccc(Br)cc1)C1CCNC1. The molecule has 2 atom stereocenters. The quantitative estimate of drug-likeness (QED) is 0.854. The Balaban J connectivity index is 2.09. The summed E-state index contributed by atoms with van der Waals surface area (Å²) in [5.74, 6) is 1.49. The van der Waals surface area contributed by atoms with E-state index in [-0.39, 0.29) is 0 Å². The summed E-state index contributed by atoms with van der Waals surface area (Å²) in [6.07, 6.45) is 1.32. The molecule has 1 aliphatic heterocycles. The molecule has 2 heteroatoms. The largest absolute Gasteiger partial charge is 0.316 e. The van der Waals surface area contributed by atoms with Crippen molar-refractivity contribution in [2.24, 2.45) is 5.92 Å². The first-order chi connectivity index (χ1) is 6.77. The van der Waals surface area contributed by atoms with E-state index in [1.54, 1.807) is 0 Å². The fourth-order valence-corrected chi connectivity index (χ4v) is 2.41. The van der Waals surface area contributed by atoms with Gasteiger partial charge < -0.3 is 5.32 Å². The Hall–Kier alpha value is -0.340. The van der Waals surface area contributed by atoms with E-state index in [0.717, 1.165) is 10.4 Å². The predicted octanol–water partition coefficient (Wildman–Crippen LogP) is 3.16. The normalized spacial score (nSPS) is 23.7. The lowest BCUT2D eigenvalue weighted by molar-refractivity contribution is 0.487. The minimum atomic E-state index is 0.679. The van der Waals surface area contributed by atoms with E-state index < -0.39 is 0 Å². The van der Waals surface area contributed by atoms with E-state index >= 15 is 0 Å². The number of benzene rings is 1. The van der Waals surface area contributed by atoms with Gasteiger partial charge in [-0.25, -0.2) is 0 Å². The Labute approximate surface area is 94.0 Å². The highest BCUT2D eigenvalue weighted by Gasteiger charge is 2.22. The van der Waals surface area contributed by atoms with Gasteiger partial charge in [0.15, 0.2) is 0 Å². The van der Waals surface area contributed by atoms with E-state index in [0.29, 0.717) is 5.92 Å². The van der Waals surface area contributed by atoms with Gasteiger partial charge in [-0.15, -0.1) is 0 Å². The van der Waals surface area contributed by atoms with Crippen LogP contribution in [0.2, 0.25) is 0 Å². The molecule has 0 amide bonds. The van der Waals surface area contributed by atoms with Crippen molar-refractivity contribution in [3.05, 3.63) is 34.3 Å². The van der Waals surface area contributed by atoms with E-state index in [2.05, 4.69) is 52.4 Å². The molecule has 0 radical (unpaired) electrons. The third kappa shape index (κ3) is 2.18. The standard InChI is InChI=1S/C12H16BrN/c1-9(11-6-7-14-8-11)10-2-4-12(13)5-3-10/h2-5,9,11,14H,6-8H2,1H3. The Morgan fingerprint density at radius 1 is 1.36 bits per heavy atom. The maximum absolute atomic E-state index is 3.47. The summed E-state index contributed by atoms with van der Waals surface area (Å²) >= 11 is 3.47. The van der Waals surface area contributed by atoms with Crippen LogP contribution in [0.15, 0.2) is 28.7 Å². The van der Waals surface area contributed by atoms with E-state index in [4.69, 9.17) is 0 Å². The van der Waals surface area contributed by atoms with Crippen molar-refractivity contribution >= 4 is 15.9 Å². The van der Waals surface area contributed by atoms with Crippen LogP contribution in [-0.4, -0.2) is 13.1 Å². The van der Waals surface area contributed by atoms with Crippen LogP contribution in [0.3, 0.4) is 0 Å². The molecule has 0 aromatic heterocycles. The van der Waals surface area contributed by atoms with Gasteiger partial charge in [0, 0.05) is 4.47 Å². The molecule has 2 rings (SSSR count). The maximum Gasteiger partial charge on any atom is 0.0175 e. The second-order valence-electron chi connectivity index (χ2n) is 4.09. The second kappa shape index (κ2) is 4.45. The van der Waals surface area contributed by atoms with Gasteiger partial charge in [-0.1, -0.05) is 35.0 Å². The molecule has 76 valence electrons. The monoisotopic (exact) mass is 253 g/mol. The molecule has 1 nitrogen and oxygen atoms in total. The van der Waals surface area contributed by atoms with Gasteiger partial charge >= 0.3 is 0 Å². The first kappa shape index (κ1) is 10.2. The molecule has 1 aromatic carbocycles. The molecule has 2 unspecified atom stereocenters. The maximum atomic E-state index is 3.47. The van der Waals surface area contributed by atoms with Crippen LogP contribution in [0.5, 0.6) is 0 Å². The second-order valence-corrected chi connectivity index (χ2v) is 5.01. The molecular weight excluding hydrogens is 238 g/mol. The summed E-state index contributed by atoms with van der Waals surface area (Å²) in [6.45, 7) is 4.70. The van der Waals surface area contributed by atoms with Crippen LogP contribution in [0, 0.1) is 5.92 Å². The summed E-state index contributed by atoms with van der Waals surface area (Å²) in [6, 6.07) is 8.72. The van der Waals surface area contributed by atoms with Gasteiger partial charge in [-0.2, -0.15) is 0 Å². The van der Waals surface area contributed by atoms with Crippen molar-refractivity contribution in [3.8, 4) is 0 Å². The number of rotatable bonds is 2. The fraction of sp³-hybridized carbons (Fsp3) is 0.500. The zero-order valence-electron chi connectivity index (χ0n) is 8.46. The molecule has 0 aliphatic carbocycles. The minimum absolute atomic E-state index is 0.679. The lowest BCUT2D eigenvalue weighted by atomic mass is 9.87. The lowest BCUT2D eigenvalue weighted by Gasteiger charge is -2.18. The zero-order valence-corrected chi connectivity index (χ0v) is 10.0. The number of hydrogen-bond acceptors (Lipinski definition) is 1. The topological polar surface area (TPSA) is 12.0 Å². The van der Waals surface area contributed by atoms with Gasteiger partial charge in [0.1, 0.15) is 0 Å². The molecule has 14 heavy (non-hydrogen) atoms. The molecule has 1 aromatic rings. The Bertz CT molecular complexity index is 288. The van der Waals surface area contributed by atoms with E-state index in [1.807, 2.05) is 0 Å². The molecule has 1 aliphatic rings. The van der Waals surface area contributed by atoms with Crippen molar-refractivity contribution in [3.63, 3.8) is 0 Å². The van der Waals surface area contributed by atoms with E-state index in [9.17, 15) is 0 Å². The molecule has 0 saturated carbocycles. The van der Waals surface area contributed by atoms with Gasteiger partial charge in [-0.05, 0) is 49.0 Å². The summed E-state index contributed by atoms with van der Waals surface area (Å²) < 4.78 is 1.16. The Morgan fingerprint density at radius 2 is 2.07 bits per heavy atom. The predicted molar refractivity (Wildman–Crippen MR) is 63.5 cm³/mol.